The molecule has 8 rings (SSSR count). The zero-order valence-corrected chi connectivity index (χ0v) is 77.8. The Morgan fingerprint density at radius 1 is 0.349 bits per heavy atom. The number of ether oxygens (including phenoxy) is 5. The van der Waals surface area contributed by atoms with Crippen LogP contribution in [0, 0.1) is 0 Å². The number of hydrogen-bond donors (Lipinski definition) is 12. The number of likely N-dealkylation sites (N-methyl/N-ethyl adjacent to an activating group) is 1. The molecule has 0 saturated carbocycles. The van der Waals surface area contributed by atoms with Gasteiger partial charge in [-0.25, -0.2) is 9.59 Å². The number of anilines is 8. The summed E-state index contributed by atoms with van der Waals surface area (Å²) in [5, 5.41) is 49.0. The van der Waals surface area contributed by atoms with Crippen molar-refractivity contribution in [2.24, 2.45) is 11.5 Å². The van der Waals surface area contributed by atoms with Crippen LogP contribution in [0.25, 0.3) is 0 Å². The van der Waals surface area contributed by atoms with E-state index < -0.39 is 41.9 Å². The number of halogens is 9. The van der Waals surface area contributed by atoms with E-state index in [0.29, 0.717) is 151 Å². The predicted molar refractivity (Wildman–Crippen MR) is 504 cm³/mol. The van der Waals surface area contributed by atoms with E-state index in [-0.39, 0.29) is 113 Å². The van der Waals surface area contributed by atoms with Crippen LogP contribution in [0.2, 0.25) is 40.2 Å². The molecule has 0 aliphatic rings. The Hall–Kier alpha value is -9.69. The Morgan fingerprint density at radius 2 is 0.619 bits per heavy atom. The van der Waals surface area contributed by atoms with Crippen molar-refractivity contribution in [3.63, 3.8) is 0 Å². The van der Waals surface area contributed by atoms with Crippen LogP contribution in [0.1, 0.15) is 128 Å². The quantitative estimate of drug-likeness (QED) is 0.00964. The molecule has 0 aromatic heterocycles. The molecule has 8 aromatic carbocycles. The Morgan fingerprint density at radius 3 is 0.865 bits per heavy atom. The van der Waals surface area contributed by atoms with Gasteiger partial charge in [-0.15, -0.1) is 12.4 Å². The minimum atomic E-state index is -1.10. The first-order valence-electron chi connectivity index (χ1n) is 39.6. The highest BCUT2D eigenvalue weighted by atomic mass is 35.5. The zero-order valence-electron chi connectivity index (χ0n) is 71.0. The number of nitrogens with two attached hydrogens (primary N) is 2. The van der Waals surface area contributed by atoms with E-state index in [9.17, 15) is 47.9 Å². The van der Waals surface area contributed by atoms with Crippen molar-refractivity contribution in [2.45, 2.75) is 143 Å². The molecule has 8 aromatic rings. The van der Waals surface area contributed by atoms with Gasteiger partial charge in [0.25, 0.3) is 0 Å². The van der Waals surface area contributed by atoms with Crippen molar-refractivity contribution in [1.29, 1.82) is 0 Å². The SMILES string of the molecule is CC(C)(C)OC(=O)NCC(=O)CCCCOC(=O)Cc1ccccc1Nc1c(Cl)cccc1Cl.CC(C)(C)OC(=O)NCC(=O)O.CNCC(=O)CCCCOC(=O)Cc1ccccc1Nc1c(Cl)cccc1Cl.Cl.NCC(=O)CCCCOC(=O)Cc1ccccc1Nc1c(Cl)cccc1Cl.NCCCO.O=C(O)Cc1ccccc1Nc1c(Cl)cccc1Cl. The lowest BCUT2D eigenvalue weighted by Gasteiger charge is -2.19. The molecule has 126 heavy (non-hydrogen) atoms. The molecule has 0 fully saturated rings. The molecule has 0 aliphatic heterocycles. The van der Waals surface area contributed by atoms with Gasteiger partial charge in [0.15, 0.2) is 5.78 Å². The van der Waals surface area contributed by atoms with Crippen molar-refractivity contribution in [3.05, 3.63) is 232 Å². The lowest BCUT2D eigenvalue weighted by atomic mass is 10.1. The number of aliphatic carboxylic acids is 2. The fourth-order valence-corrected chi connectivity index (χ4v) is 12.3. The molecular formula is C90H110Cl9N9O18. The lowest BCUT2D eigenvalue weighted by Crippen LogP contribution is -2.35. The summed E-state index contributed by atoms with van der Waals surface area (Å²) in [5.41, 5.74) is 17.2. The molecule has 36 heteroatoms. The van der Waals surface area contributed by atoms with Crippen LogP contribution >= 0.6 is 105 Å². The molecule has 0 saturated heterocycles. The Balaban J connectivity index is 0.000000540. The fraction of sp³-hybridized carbons (Fsp3) is 0.356. The number of Topliss-reactive ketones (excluding diaryl/α,β-unsaturated/α-hetero) is 3. The van der Waals surface area contributed by atoms with Gasteiger partial charge in [-0.1, -0.05) is 190 Å². The number of unbranched alkanes of at least 4 members (excludes halogenated alkanes) is 3. The summed E-state index contributed by atoms with van der Waals surface area (Å²) in [6.07, 6.45) is 4.57. The zero-order chi connectivity index (χ0) is 92.9. The summed E-state index contributed by atoms with van der Waals surface area (Å²) in [7, 11) is 1.74. The van der Waals surface area contributed by atoms with Gasteiger partial charge in [0.1, 0.15) is 29.3 Å². The van der Waals surface area contributed by atoms with E-state index in [2.05, 4.69) is 37.2 Å². The van der Waals surface area contributed by atoms with Crippen molar-refractivity contribution in [1.82, 2.24) is 16.0 Å². The van der Waals surface area contributed by atoms with Gasteiger partial charge in [0, 0.05) is 48.6 Å². The number of carbonyl (C=O) groups excluding carboxylic acids is 8. The standard InChI is InChI=1S/C25H30Cl2N2O5.C21H24Cl2N2O3.C20H22Cl2N2O3.C14H11Cl2NO2.C7H13NO4.C3H9NO.ClH/c1-25(2,3)34-24(32)28-16-18(30)10-6-7-14-33-22(31)15-17-9-4-5-13-21(17)29-23-19(26)11-8-12-20(23)27;1-24-14-16(26)8-4-5-12-28-20(27)13-15-7-2-3-11-19(15)25-21-17(22)9-6-10-18(21)23;21-16-8-5-9-17(22)20(16)24-18-10-2-1-6-14(18)12-19(26)27-11-4-3-7-15(25)13-23;15-10-5-3-6-11(16)14(10)17-12-7-2-1-4-9(12)8-13(18)19;1-7(2,3)12-6(11)8-4-5(9)10;4-2-1-3-5;/h4-5,8-9,11-13,29H,6-7,10,14-16H2,1-3H3,(H,28,32);2-3,6-7,9-11,24-25H,4-5,8,12-14H2,1H3;1-2,5-6,8-10,24H,3-4,7,11-13,23H2;1-7,17H,8H2,(H,18,19);4H2,1-3H3,(H,8,11)(H,9,10);5H,1-4H2;1H. The summed E-state index contributed by atoms with van der Waals surface area (Å²) in [5.74, 6) is -2.96. The average molecular weight is 1920 g/mol. The molecule has 0 spiro atoms. The molecule has 0 bridgehead atoms. The average Bonchev–Trinajstić information content (AvgIpc) is 0.849. The minimum Gasteiger partial charge on any atom is -0.481 e. The third-order valence-electron chi connectivity index (χ3n) is 16.2. The number of alkyl carbamates (subject to hydrolysis) is 2. The van der Waals surface area contributed by atoms with Crippen molar-refractivity contribution in [3.8, 4) is 0 Å². The molecule has 686 valence electrons. The first-order chi connectivity index (χ1) is 59.4. The number of para-hydroxylation sites is 8. The highest BCUT2D eigenvalue weighted by molar-refractivity contribution is 6.41. The molecule has 2 amide bonds. The third-order valence-corrected chi connectivity index (χ3v) is 18.7. The number of aliphatic hydroxyl groups is 1. The highest BCUT2D eigenvalue weighted by Gasteiger charge is 2.21. The summed E-state index contributed by atoms with van der Waals surface area (Å²) in [6, 6.07) is 50.2. The maximum Gasteiger partial charge on any atom is 0.408 e. The van der Waals surface area contributed by atoms with Gasteiger partial charge in [0.2, 0.25) is 0 Å². The minimum absolute atomic E-state index is 0. The maximum absolute atomic E-state index is 12.3. The monoisotopic (exact) mass is 1920 g/mol. The van der Waals surface area contributed by atoms with Crippen LogP contribution in [-0.2, 0) is 87.7 Å². The first kappa shape index (κ1) is 112. The number of carbonyl (C=O) groups is 10. The fourth-order valence-electron chi connectivity index (χ4n) is 10.3. The summed E-state index contributed by atoms with van der Waals surface area (Å²) < 4.78 is 25.7. The van der Waals surface area contributed by atoms with Crippen LogP contribution in [0.3, 0.4) is 0 Å². The molecule has 14 N–H and O–H groups in total. The number of benzene rings is 8. The molecule has 0 unspecified atom stereocenters. The normalized spacial score (nSPS) is 10.4. The Labute approximate surface area is 781 Å². The third kappa shape index (κ3) is 48.9. The number of amides is 2. The van der Waals surface area contributed by atoms with E-state index in [1.165, 1.54) is 0 Å². The van der Waals surface area contributed by atoms with Crippen LogP contribution < -0.4 is 48.7 Å². The number of hydrogen-bond acceptors (Lipinski definition) is 23. The van der Waals surface area contributed by atoms with Crippen molar-refractivity contribution >= 4 is 210 Å². The van der Waals surface area contributed by atoms with Crippen molar-refractivity contribution in [2.75, 3.05) is 87.5 Å². The highest BCUT2D eigenvalue weighted by Crippen LogP contribution is 2.38. The van der Waals surface area contributed by atoms with E-state index >= 15 is 0 Å². The summed E-state index contributed by atoms with van der Waals surface area (Å²) in [4.78, 5) is 114. The van der Waals surface area contributed by atoms with E-state index in [4.69, 9.17) is 143 Å². The first-order valence-corrected chi connectivity index (χ1v) is 42.6. The number of rotatable bonds is 40. The van der Waals surface area contributed by atoms with Gasteiger partial charge in [-0.2, -0.15) is 0 Å². The number of carboxylic acids is 2. The molecule has 0 atom stereocenters. The van der Waals surface area contributed by atoms with Crippen LogP contribution in [0.5, 0.6) is 0 Å². The smallest absolute Gasteiger partial charge is 0.408 e. The van der Waals surface area contributed by atoms with E-state index in [0.717, 1.165) is 34.5 Å². The Kier molecular flexibility index (Phi) is 55.7. The second-order valence-electron chi connectivity index (χ2n) is 29.0. The lowest BCUT2D eigenvalue weighted by molar-refractivity contribution is -0.143. The summed E-state index contributed by atoms with van der Waals surface area (Å²) in [6.45, 7) is 11.9. The second kappa shape index (κ2) is 62.5. The Bertz CT molecular complexity index is 4690. The maximum atomic E-state index is 12.3. The van der Waals surface area contributed by atoms with Crippen LogP contribution in [0.15, 0.2) is 170 Å². The molecular weight excluding hydrogens is 1810 g/mol. The number of aliphatic hydroxyl groups excluding tert-OH is 1. The topological polar surface area (TPSA) is 414 Å². The van der Waals surface area contributed by atoms with E-state index in [1.54, 1.807) is 140 Å². The largest absolute Gasteiger partial charge is 0.481 e. The number of esters is 3. The number of nitrogens with one attached hydrogen (secondary N) is 7. The van der Waals surface area contributed by atoms with Crippen molar-refractivity contribution < 1.29 is 86.9 Å². The number of ketones is 3. The second-order valence-corrected chi connectivity index (χ2v) is 32.2. The molecule has 0 heterocycles. The van der Waals surface area contributed by atoms with Gasteiger partial charge in [-0.3, -0.25) is 38.4 Å². The summed E-state index contributed by atoms with van der Waals surface area (Å²) >= 11 is 49.4. The molecule has 0 radical (unpaired) electrons. The van der Waals surface area contributed by atoms with Gasteiger partial charge < -0.3 is 87.7 Å². The molecule has 0 aliphatic carbocycles. The molecule has 27 nitrogen and oxygen atoms in total. The van der Waals surface area contributed by atoms with Gasteiger partial charge in [0.05, 0.1) is 128 Å². The van der Waals surface area contributed by atoms with E-state index in [1.807, 2.05) is 78.9 Å². The van der Waals surface area contributed by atoms with Gasteiger partial charge >= 0.3 is 42.0 Å². The van der Waals surface area contributed by atoms with Crippen LogP contribution in [-0.4, -0.2) is 152 Å². The number of carboxylic acid groups (broad SMARTS) is 2. The van der Waals surface area contributed by atoms with Crippen LogP contribution in [0.4, 0.5) is 55.1 Å². The predicted octanol–water partition coefficient (Wildman–Crippen LogP) is 20.1. The van der Waals surface area contributed by atoms with Gasteiger partial charge in [-0.05, 0) is 195 Å².